The van der Waals surface area contributed by atoms with Gasteiger partial charge >= 0.3 is 0 Å². The van der Waals surface area contributed by atoms with Crippen LogP contribution in [0.1, 0.15) is 6.92 Å². The highest BCUT2D eigenvalue weighted by Crippen LogP contribution is 1.78. The van der Waals surface area contributed by atoms with Gasteiger partial charge < -0.3 is 0 Å². The Morgan fingerprint density at radius 2 is 1.88 bits per heavy atom. The van der Waals surface area contributed by atoms with E-state index in [1.165, 1.54) is 0 Å². The molecule has 0 spiro atoms. The maximum atomic E-state index is 5.07. The van der Waals surface area contributed by atoms with Crippen molar-refractivity contribution >= 4 is 8.80 Å². The van der Waals surface area contributed by atoms with Crippen LogP contribution < -0.4 is 0 Å². The van der Waals surface area contributed by atoms with Crippen molar-refractivity contribution in [2.75, 3.05) is 0 Å². The van der Waals surface area contributed by atoms with E-state index < -0.39 is 8.80 Å². The maximum absolute atomic E-state index is 5.07. The van der Waals surface area contributed by atoms with E-state index in [0.717, 1.165) is 0 Å². The van der Waals surface area contributed by atoms with Crippen LogP contribution in [-0.4, -0.2) is 8.80 Å². The number of terminal acetylenes is 2. The first-order valence-electron chi connectivity index (χ1n) is 2.28. The lowest BCUT2D eigenvalue weighted by molar-refractivity contribution is 1.78. The summed E-state index contributed by atoms with van der Waals surface area (Å²) >= 11 is 0. The summed E-state index contributed by atoms with van der Waals surface area (Å²) in [5, 5.41) is 0. The van der Waals surface area contributed by atoms with Crippen molar-refractivity contribution in [3.05, 3.63) is 11.8 Å². The van der Waals surface area contributed by atoms with Gasteiger partial charge in [-0.15, -0.1) is 23.9 Å². The van der Waals surface area contributed by atoms with Crippen LogP contribution in [0.5, 0.6) is 0 Å². The number of hydrogen-bond acceptors (Lipinski definition) is 0. The van der Waals surface area contributed by atoms with Gasteiger partial charge in [0.05, 0.1) is 0 Å². The first-order valence-corrected chi connectivity index (χ1v) is 3.85. The Hall–Kier alpha value is -0.923. The Balaban J connectivity index is 3.82. The zero-order valence-corrected chi connectivity index (χ0v) is 5.81. The van der Waals surface area contributed by atoms with Crippen LogP contribution in [0.25, 0.3) is 0 Å². The maximum Gasteiger partial charge on any atom is 0.258 e. The molecule has 0 aromatic rings. The monoisotopic (exact) mass is 119 g/mol. The van der Waals surface area contributed by atoms with Crippen molar-refractivity contribution in [2.45, 2.75) is 6.92 Å². The van der Waals surface area contributed by atoms with Gasteiger partial charge in [0.15, 0.2) is 0 Å². The molecule has 0 saturated heterocycles. The lowest BCUT2D eigenvalue weighted by Gasteiger charge is -1.82. The molecule has 0 aromatic carbocycles. The van der Waals surface area contributed by atoms with Crippen molar-refractivity contribution in [3.63, 3.8) is 0 Å². The van der Waals surface area contributed by atoms with Crippen LogP contribution in [0.2, 0.25) is 0 Å². The van der Waals surface area contributed by atoms with Gasteiger partial charge in [-0.05, 0) is 6.92 Å². The number of hydrogen-bond donors (Lipinski definition) is 0. The van der Waals surface area contributed by atoms with Crippen molar-refractivity contribution in [1.82, 2.24) is 0 Å². The van der Waals surface area contributed by atoms with E-state index in [0.29, 0.717) is 0 Å². The van der Waals surface area contributed by atoms with E-state index in [1.54, 1.807) is 0 Å². The molecule has 0 nitrogen and oxygen atoms in total. The minimum absolute atomic E-state index is 0.999. The summed E-state index contributed by atoms with van der Waals surface area (Å²) in [5.74, 6) is 0. The summed E-state index contributed by atoms with van der Waals surface area (Å²) in [4.78, 5) is 0. The summed E-state index contributed by atoms with van der Waals surface area (Å²) in [7, 11) is -0.999. The minimum Gasteiger partial charge on any atom is -0.126 e. The van der Waals surface area contributed by atoms with Gasteiger partial charge in [0.2, 0.25) is 0 Å². The molecule has 39 valence electrons. The molecule has 0 bridgehead atoms. The van der Waals surface area contributed by atoms with Crippen molar-refractivity contribution in [3.8, 4) is 23.9 Å². The van der Waals surface area contributed by atoms with Crippen molar-refractivity contribution < 1.29 is 0 Å². The Bertz CT molecular complexity index is 140. The van der Waals surface area contributed by atoms with Gasteiger partial charge in [-0.3, -0.25) is 0 Å². The fraction of sp³-hybridized carbons (Fsp3) is 0.143. The second-order valence-electron chi connectivity index (χ2n) is 1.20. The smallest absolute Gasteiger partial charge is 0.126 e. The molecular weight excluding hydrogens is 112 g/mol. The van der Waals surface area contributed by atoms with Gasteiger partial charge in [-0.2, -0.15) is 0 Å². The Morgan fingerprint density at radius 3 is 2.00 bits per heavy atom. The van der Waals surface area contributed by atoms with E-state index in [-0.39, 0.29) is 0 Å². The summed E-state index contributed by atoms with van der Waals surface area (Å²) < 4.78 is 0. The average molecular weight is 119 g/mol. The molecule has 0 N–H and O–H groups in total. The Labute approximate surface area is 52.2 Å². The molecule has 0 fully saturated rings. The van der Waals surface area contributed by atoms with Crippen LogP contribution >= 0.6 is 0 Å². The predicted octanol–water partition coefficient (Wildman–Crippen LogP) is 0.941. The highest BCUT2D eigenvalue weighted by Gasteiger charge is 1.93. The molecule has 0 amide bonds. The molecule has 0 aliphatic rings. The lowest BCUT2D eigenvalue weighted by Crippen LogP contribution is -2.00. The molecular formula is C7H7Si. The third-order valence-corrected chi connectivity index (χ3v) is 1.93. The molecule has 0 unspecified atom stereocenters. The fourth-order valence-corrected chi connectivity index (χ4v) is 0.914. The van der Waals surface area contributed by atoms with Crippen LogP contribution in [-0.2, 0) is 0 Å². The van der Waals surface area contributed by atoms with Crippen LogP contribution in [0.15, 0.2) is 11.8 Å². The van der Waals surface area contributed by atoms with Gasteiger partial charge in [-0.1, -0.05) is 11.8 Å². The Kier molecular flexibility index (Phi) is 3.75. The summed E-state index contributed by atoms with van der Waals surface area (Å²) in [6.45, 7) is 1.92. The van der Waals surface area contributed by atoms with Crippen LogP contribution in [0, 0.1) is 23.9 Å². The predicted molar refractivity (Wildman–Crippen MR) is 38.2 cm³/mol. The fourth-order valence-electron chi connectivity index (χ4n) is 0.305. The quantitative estimate of drug-likeness (QED) is 0.356. The molecule has 1 heteroatoms. The lowest BCUT2D eigenvalue weighted by atomic mass is 10.8. The van der Waals surface area contributed by atoms with Gasteiger partial charge in [-0.25, -0.2) is 0 Å². The van der Waals surface area contributed by atoms with Gasteiger partial charge in [0.1, 0.15) is 0 Å². The minimum atomic E-state index is -0.999. The van der Waals surface area contributed by atoms with E-state index in [9.17, 15) is 0 Å². The van der Waals surface area contributed by atoms with E-state index in [1.807, 2.05) is 18.7 Å². The Morgan fingerprint density at radius 1 is 1.38 bits per heavy atom. The average Bonchev–Trinajstić information content (AvgIpc) is 1.83. The summed E-state index contributed by atoms with van der Waals surface area (Å²) in [6, 6.07) is 0. The normalized spacial score (nSPS) is 9.00. The molecule has 8 heavy (non-hydrogen) atoms. The third kappa shape index (κ3) is 2.29. The molecule has 0 aromatic heterocycles. The SMILES string of the molecule is C#C[Si](C#C)C=CC. The second kappa shape index (κ2) is 4.24. The first-order chi connectivity index (χ1) is 3.85. The molecule has 1 radical (unpaired) electrons. The molecule has 0 heterocycles. The molecule has 0 atom stereocenters. The van der Waals surface area contributed by atoms with Crippen LogP contribution in [0.4, 0.5) is 0 Å². The highest BCUT2D eigenvalue weighted by atomic mass is 28.3. The molecule has 0 aliphatic heterocycles. The van der Waals surface area contributed by atoms with Crippen molar-refractivity contribution in [1.29, 1.82) is 0 Å². The third-order valence-electron chi connectivity index (χ3n) is 0.644. The topological polar surface area (TPSA) is 0 Å². The zero-order chi connectivity index (χ0) is 6.41. The summed E-state index contributed by atoms with van der Waals surface area (Å²) in [5.41, 5.74) is 6.97. The molecule has 0 aliphatic carbocycles. The van der Waals surface area contributed by atoms with Crippen molar-refractivity contribution in [2.24, 2.45) is 0 Å². The highest BCUT2D eigenvalue weighted by molar-refractivity contribution is 6.79. The second-order valence-corrected chi connectivity index (χ2v) is 2.94. The number of allylic oxidation sites excluding steroid dienone is 1. The largest absolute Gasteiger partial charge is 0.258 e. The zero-order valence-electron chi connectivity index (χ0n) is 4.81. The van der Waals surface area contributed by atoms with Crippen LogP contribution in [0.3, 0.4) is 0 Å². The number of rotatable bonds is 1. The van der Waals surface area contributed by atoms with E-state index in [2.05, 4.69) is 11.1 Å². The first kappa shape index (κ1) is 7.08. The van der Waals surface area contributed by atoms with E-state index >= 15 is 0 Å². The standard InChI is InChI=1S/C7H7Si/c1-4-7-8(5-2)6-3/h2-4,7H,1H3. The molecule has 0 saturated carbocycles. The molecule has 0 rings (SSSR count). The van der Waals surface area contributed by atoms with Gasteiger partial charge in [0, 0.05) is 0 Å². The van der Waals surface area contributed by atoms with Gasteiger partial charge in [0.25, 0.3) is 8.80 Å². The summed E-state index contributed by atoms with van der Waals surface area (Å²) in [6.07, 6.45) is 12.0. The van der Waals surface area contributed by atoms with E-state index in [4.69, 9.17) is 12.8 Å².